The number of likely N-dealkylation sites (N-methyl/N-ethyl adjacent to an activating group) is 1. The van der Waals surface area contributed by atoms with Gasteiger partial charge in [0.2, 0.25) is 59.3 Å². The van der Waals surface area contributed by atoms with Crippen molar-refractivity contribution in [2.75, 3.05) is 38.7 Å². The highest BCUT2D eigenvalue weighted by Crippen LogP contribution is 2.50. The van der Waals surface area contributed by atoms with Gasteiger partial charge in [-0.15, -0.1) is 0 Å². The molecule has 8 heterocycles. The minimum Gasteiger partial charge on any atom is -0.508 e. The van der Waals surface area contributed by atoms with E-state index in [2.05, 4.69) is 63.7 Å². The fourth-order valence-corrected chi connectivity index (χ4v) is 15.8. The molecule has 9 amide bonds. The summed E-state index contributed by atoms with van der Waals surface area (Å²) >= 11 is 26.5. The minimum absolute atomic E-state index is 0.0482. The number of nitrogens with two attached hydrogens (primary N) is 1. The highest BCUT2D eigenvalue weighted by atomic mass is 35.5. The number of carbonyl (C=O) groups is 9. The average molecular weight is 1840 g/mol. The van der Waals surface area contributed by atoms with Gasteiger partial charge >= 0.3 is 5.69 Å². The van der Waals surface area contributed by atoms with E-state index in [0.717, 1.165) is 66.7 Å². The van der Waals surface area contributed by atoms with Crippen molar-refractivity contribution in [1.29, 1.82) is 0 Å². The second kappa shape index (κ2) is 40.7. The molecule has 2 fully saturated rings. The van der Waals surface area contributed by atoms with Crippen molar-refractivity contribution >= 4 is 111 Å². The number of phenols is 3. The van der Waals surface area contributed by atoms with Crippen LogP contribution in [0.1, 0.15) is 111 Å². The van der Waals surface area contributed by atoms with Crippen molar-refractivity contribution in [1.82, 2.24) is 62.9 Å². The molecule has 23 N–H and O–H groups in total. The summed E-state index contributed by atoms with van der Waals surface area (Å²) in [5.41, 5.74) is 6.15. The second-order valence-corrected chi connectivity index (χ2v) is 32.8. The summed E-state index contributed by atoms with van der Waals surface area (Å²) in [6, 6.07) is 5.50. The number of aliphatic hydroxyl groups is 7. The Balaban J connectivity index is 0.993. The number of fused-ring (bicyclic) bond motifs is 15. The van der Waals surface area contributed by atoms with E-state index < -0.39 is 260 Å². The summed E-state index contributed by atoms with van der Waals surface area (Å²) in [5.74, 6) is -16.3. The normalized spacial score (nSPS) is 25.8. The molecule has 678 valence electrons. The molecule has 16 unspecified atom stereocenters. The molecule has 0 aliphatic carbocycles. The van der Waals surface area contributed by atoms with E-state index in [9.17, 15) is 75.0 Å². The number of aromatic nitrogens is 2. The van der Waals surface area contributed by atoms with Crippen LogP contribution in [0.5, 0.6) is 46.0 Å². The topological polar surface area (TPSA) is 605 Å². The molecule has 0 saturated carbocycles. The van der Waals surface area contributed by atoms with E-state index in [4.69, 9.17) is 80.6 Å². The summed E-state index contributed by atoms with van der Waals surface area (Å²) in [7, 11) is 1.46. The molecule has 2 saturated heterocycles. The van der Waals surface area contributed by atoms with Crippen molar-refractivity contribution < 1.29 is 123 Å². The fourth-order valence-electron chi connectivity index (χ4n) is 15.0. The van der Waals surface area contributed by atoms with E-state index in [0.29, 0.717) is 10.6 Å². The predicted molar refractivity (Wildman–Crippen MR) is 451 cm³/mol. The molecule has 18 atom stereocenters. The first kappa shape index (κ1) is 94.7. The number of hydrogen-bond acceptors (Lipinski definition) is 30. The number of phenolic OH excluding ortho intramolecular Hbond substituents is 3. The lowest BCUT2D eigenvalue weighted by Gasteiger charge is -2.48. The summed E-state index contributed by atoms with van der Waals surface area (Å²) < 4.78 is 40.6. The van der Waals surface area contributed by atoms with Gasteiger partial charge < -0.3 is 133 Å². The lowest BCUT2D eigenvalue weighted by atomic mass is 9.85. The van der Waals surface area contributed by atoms with Gasteiger partial charge in [-0.3, -0.25) is 53.1 Å². The SMILES string of the molecule is CNC(CC(C)C)C(=O)NC1C(=O)NC(CC(N)=O)C(=O)NC2C(=O)NC3C(=O)NC(C(=O)N[C@@H](C(=O)NNCCO)c4cc(O)cc(O)c4-c4cc3ccc4O)C(O)c3ccc(c(Cl)c3)Oc3cc2cc(c3OC2OC(CO)C(O)C(O)C2OC2C[C@@](C)(NCCn3ccc(NC(=O)/C=C/c4ccc(Cl)c(Cl)c4)nc3=O)C(O)C(C)O2)Oc2ccc(cc2Cl)C1O. The third-order valence-corrected chi connectivity index (χ3v) is 22.9. The van der Waals surface area contributed by atoms with Crippen LogP contribution in [-0.2, 0) is 63.9 Å². The zero-order valence-corrected chi connectivity index (χ0v) is 71.1. The number of halogens is 4. The molecule has 127 heavy (non-hydrogen) atoms. The Bertz CT molecular complexity index is 5460. The van der Waals surface area contributed by atoms with E-state index in [1.807, 2.05) is 13.8 Å². The third kappa shape index (κ3) is 21.9. The molecule has 1 aromatic heterocycles. The van der Waals surface area contributed by atoms with Gasteiger partial charge in [-0.25, -0.2) is 10.2 Å². The smallest absolute Gasteiger partial charge is 0.349 e. The number of hydrazine groups is 1. The molecule has 44 heteroatoms. The maximum Gasteiger partial charge on any atom is 0.349 e. The van der Waals surface area contributed by atoms with E-state index >= 15 is 24.0 Å². The standard InChI is InChI=1S/C83H92Cl4N14O26/c1-34(2)22-48(89-5)74(114)98-65-67(109)38-9-13-52(46(86)25-38)123-54-27-40-28-55(71(54)127-81-72(70(112)69(111)56(33-103)125-81)126-60-32-83(4,73(113)35(3)122-60)90-17-20-101-19-16-58(94-82(101)121)93-59(108)15-7-36-6-11-44(84)45(85)23-36)124-53-14-10-39(26-47(53)87)68(110)66-79(119)97-64(80(120)100-91-18-21-102)43-29-41(104)30-51(106)61(43)42-24-37(8-12-50(42)105)62(76(116)99-66)96-77(117)63(40)95-75(115)49(31-57(88)107)92-78(65)118/h6-16,19,23-30,34-35,48-49,56,60,62-70,72-73,81,89-91,102-106,109-113H,17-18,20-22,31-33H2,1-5H3,(H2,88,107)(H,92,118)(H,95,115)(H,96,117)(H,97,119)(H,98,114)(H,99,116)(H,100,120)(H,93,94,108,121)/b15-7+/t35?,48?,49?,56?,60?,62?,63?,64-,65?,66?,67?,68?,69?,70?,72?,73?,81?,83-/m1/s1. The number of aliphatic hydroxyl groups excluding tert-OH is 7. The predicted octanol–water partition coefficient (Wildman–Crippen LogP) is 1.48. The molecular formula is C83H92Cl4N14O26. The van der Waals surface area contributed by atoms with Crippen LogP contribution in [0.4, 0.5) is 5.82 Å². The molecule has 11 bridgehead atoms. The van der Waals surface area contributed by atoms with Crippen molar-refractivity contribution in [3.8, 4) is 57.1 Å². The summed E-state index contributed by atoms with van der Waals surface area (Å²) in [5, 5.41) is 140. The number of rotatable bonds is 23. The maximum absolute atomic E-state index is 16.3. The fraction of sp³-hybridized carbons (Fsp3) is 0.386. The number of nitrogens with one attached hydrogen (secondary N) is 11. The maximum atomic E-state index is 16.3. The van der Waals surface area contributed by atoms with Crippen LogP contribution >= 0.6 is 46.4 Å². The van der Waals surface area contributed by atoms with Gasteiger partial charge in [0.25, 0.3) is 5.91 Å². The first-order valence-corrected chi connectivity index (χ1v) is 41.2. The highest BCUT2D eigenvalue weighted by Gasteiger charge is 2.52. The van der Waals surface area contributed by atoms with Crippen molar-refractivity contribution in [3.05, 3.63) is 179 Å². The van der Waals surface area contributed by atoms with Gasteiger partial charge in [0.05, 0.1) is 58.0 Å². The van der Waals surface area contributed by atoms with Gasteiger partial charge in [0.15, 0.2) is 23.9 Å². The van der Waals surface area contributed by atoms with Gasteiger partial charge in [-0.2, -0.15) is 4.98 Å². The zero-order chi connectivity index (χ0) is 91.9. The van der Waals surface area contributed by atoms with Crippen LogP contribution in [0.2, 0.25) is 20.1 Å². The molecule has 7 aliphatic rings. The van der Waals surface area contributed by atoms with Crippen LogP contribution in [0, 0.1) is 5.92 Å². The van der Waals surface area contributed by atoms with Crippen LogP contribution in [0.15, 0.2) is 120 Å². The lowest BCUT2D eigenvalue weighted by molar-refractivity contribution is -0.334. The van der Waals surface area contributed by atoms with E-state index in [1.165, 1.54) is 55.1 Å². The quantitative estimate of drug-likeness (QED) is 0.0245. The van der Waals surface area contributed by atoms with Crippen LogP contribution in [-0.4, -0.2) is 226 Å². The number of ether oxygens (including phenoxy) is 6. The van der Waals surface area contributed by atoms with Gasteiger partial charge in [0, 0.05) is 61.1 Å². The Morgan fingerprint density at radius 3 is 2.00 bits per heavy atom. The number of amides is 9. The molecule has 40 nitrogen and oxygen atoms in total. The highest BCUT2D eigenvalue weighted by molar-refractivity contribution is 6.42. The minimum atomic E-state index is -2.40. The van der Waals surface area contributed by atoms with Crippen LogP contribution in [0.25, 0.3) is 17.2 Å². The molecular weight excluding hydrogens is 1750 g/mol. The molecule has 7 aliphatic heterocycles. The summed E-state index contributed by atoms with van der Waals surface area (Å²) in [6.45, 7) is 4.74. The van der Waals surface area contributed by atoms with Gasteiger partial charge in [0.1, 0.15) is 101 Å². The molecule has 6 aromatic carbocycles. The van der Waals surface area contributed by atoms with Crippen molar-refractivity contribution in [3.63, 3.8) is 0 Å². The average Bonchev–Trinajstić information content (AvgIpc) is 0.758. The molecule has 14 rings (SSSR count). The molecule has 0 spiro atoms. The first-order chi connectivity index (χ1) is 60.3. The number of primary amides is 1. The molecule has 7 aromatic rings. The Labute approximate surface area is 742 Å². The number of benzene rings is 6. The largest absolute Gasteiger partial charge is 0.508 e. The Morgan fingerprint density at radius 2 is 1.36 bits per heavy atom. The number of anilines is 1. The third-order valence-electron chi connectivity index (χ3n) is 21.6. The number of nitrogens with zero attached hydrogens (tertiary/aromatic N) is 2. The zero-order valence-electron chi connectivity index (χ0n) is 68.1. The Hall–Kier alpha value is -11.4. The second-order valence-electron chi connectivity index (χ2n) is 31.1. The Morgan fingerprint density at radius 1 is 0.701 bits per heavy atom. The van der Waals surface area contributed by atoms with Crippen molar-refractivity contribution in [2.45, 2.75) is 163 Å². The van der Waals surface area contributed by atoms with E-state index in [1.54, 1.807) is 25.1 Å². The number of aromatic hydroxyl groups is 3. The van der Waals surface area contributed by atoms with Gasteiger partial charge in [-0.1, -0.05) is 84.5 Å². The summed E-state index contributed by atoms with van der Waals surface area (Å²) in [6.07, 6.45) is -15.6. The monoisotopic (exact) mass is 1840 g/mol. The number of carbonyl (C=O) groups excluding carboxylic acids is 9. The molecule has 0 radical (unpaired) electrons. The Kier molecular flexibility index (Phi) is 30.4. The van der Waals surface area contributed by atoms with E-state index in [-0.39, 0.29) is 71.7 Å². The van der Waals surface area contributed by atoms with Crippen molar-refractivity contribution in [2.24, 2.45) is 11.7 Å². The van der Waals surface area contributed by atoms with Crippen LogP contribution < -0.4 is 84.3 Å². The number of hydrogen-bond donors (Lipinski definition) is 22. The lowest BCUT2D eigenvalue weighted by Crippen LogP contribution is -2.65. The van der Waals surface area contributed by atoms with Gasteiger partial charge in [-0.05, 0) is 145 Å². The summed E-state index contributed by atoms with van der Waals surface area (Å²) in [4.78, 5) is 150. The first-order valence-electron chi connectivity index (χ1n) is 39.7. The van der Waals surface area contributed by atoms with Crippen LogP contribution in [0.3, 0.4) is 0 Å².